The fraction of sp³-hybridized carbons (Fsp3) is 0.657. The molecule has 0 aromatic carbocycles. The number of hydrogen-bond acceptors (Lipinski definition) is 6. The van der Waals surface area contributed by atoms with E-state index in [2.05, 4.69) is 130 Å². The summed E-state index contributed by atoms with van der Waals surface area (Å²) >= 11 is 0. The Labute approximate surface area is 450 Å². The van der Waals surface area contributed by atoms with E-state index in [-0.39, 0.29) is 44.0 Å². The third-order valence-electron chi connectivity index (χ3n) is 12.4. The zero-order valence-corrected chi connectivity index (χ0v) is 47.4. The Kier molecular flexibility index (Phi) is 56.9. The SMILES string of the molecule is CC/C=C\C/C=C\C/C=C\C/C=C\C/C=C\CCCC(=O)OC(COC(=O)CC/C=C\C/C=C\C/C=C\C/C=C\CC)COC(=O)CCCCCCCCCCCCCCC/C=C\CCCCCCCCCC. The third-order valence-corrected chi connectivity index (χ3v) is 12.4. The molecule has 0 amide bonds. The lowest BCUT2D eigenvalue weighted by Crippen LogP contribution is -2.30. The second-order valence-corrected chi connectivity index (χ2v) is 19.5. The largest absolute Gasteiger partial charge is 0.462 e. The van der Waals surface area contributed by atoms with Crippen LogP contribution in [-0.4, -0.2) is 37.2 Å². The Morgan fingerprint density at radius 3 is 0.973 bits per heavy atom. The van der Waals surface area contributed by atoms with E-state index in [1.807, 2.05) is 12.2 Å². The highest BCUT2D eigenvalue weighted by molar-refractivity contribution is 5.71. The topological polar surface area (TPSA) is 78.9 Å². The lowest BCUT2D eigenvalue weighted by molar-refractivity contribution is -0.166. The summed E-state index contributed by atoms with van der Waals surface area (Å²) in [7, 11) is 0. The van der Waals surface area contributed by atoms with Crippen LogP contribution in [0.2, 0.25) is 0 Å². The molecule has 0 N–H and O–H groups in total. The Hall–Kier alpha value is -4.19. The molecule has 0 spiro atoms. The molecule has 0 rings (SSSR count). The lowest BCUT2D eigenvalue weighted by atomic mass is 10.0. The zero-order valence-electron chi connectivity index (χ0n) is 47.4. The molecule has 0 saturated carbocycles. The van der Waals surface area contributed by atoms with Crippen molar-refractivity contribution in [3.8, 4) is 0 Å². The van der Waals surface area contributed by atoms with E-state index in [9.17, 15) is 14.4 Å². The van der Waals surface area contributed by atoms with Gasteiger partial charge in [-0.05, 0) is 109 Å². The van der Waals surface area contributed by atoms with Gasteiger partial charge in [0.05, 0.1) is 0 Å². The average Bonchev–Trinajstić information content (AvgIpc) is 3.39. The van der Waals surface area contributed by atoms with E-state index in [0.717, 1.165) is 83.5 Å². The first-order valence-electron chi connectivity index (χ1n) is 30.0. The molecule has 0 heterocycles. The highest BCUT2D eigenvalue weighted by atomic mass is 16.6. The van der Waals surface area contributed by atoms with Gasteiger partial charge in [-0.3, -0.25) is 14.4 Å². The Bertz CT molecular complexity index is 1540. The number of ether oxygens (including phenoxy) is 3. The summed E-state index contributed by atoms with van der Waals surface area (Å²) in [4.78, 5) is 38.1. The molecule has 0 bridgehead atoms. The molecule has 73 heavy (non-hydrogen) atoms. The van der Waals surface area contributed by atoms with Crippen molar-refractivity contribution in [2.45, 2.75) is 271 Å². The number of carbonyl (C=O) groups excluding carboxylic acids is 3. The monoisotopic (exact) mass is 1010 g/mol. The van der Waals surface area contributed by atoms with Crippen molar-refractivity contribution in [3.05, 3.63) is 122 Å². The van der Waals surface area contributed by atoms with Gasteiger partial charge in [-0.15, -0.1) is 0 Å². The summed E-state index contributed by atoms with van der Waals surface area (Å²) in [5, 5.41) is 0. The number of unbranched alkanes of at least 4 members (excludes halogenated alkanes) is 22. The molecule has 1 unspecified atom stereocenters. The third kappa shape index (κ3) is 58.6. The van der Waals surface area contributed by atoms with Gasteiger partial charge in [0.2, 0.25) is 0 Å². The number of hydrogen-bond donors (Lipinski definition) is 0. The maximum Gasteiger partial charge on any atom is 0.306 e. The number of carbonyl (C=O) groups is 3. The van der Waals surface area contributed by atoms with Gasteiger partial charge in [0, 0.05) is 19.3 Å². The minimum atomic E-state index is -0.840. The molecule has 0 aliphatic heterocycles. The number of allylic oxidation sites excluding steroid dienone is 20. The van der Waals surface area contributed by atoms with Crippen LogP contribution in [0, 0.1) is 0 Å². The van der Waals surface area contributed by atoms with E-state index < -0.39 is 6.10 Å². The average molecular weight is 1010 g/mol. The van der Waals surface area contributed by atoms with Crippen LogP contribution in [0.1, 0.15) is 265 Å². The van der Waals surface area contributed by atoms with Gasteiger partial charge in [0.1, 0.15) is 13.2 Å². The van der Waals surface area contributed by atoms with Crippen molar-refractivity contribution in [3.63, 3.8) is 0 Å². The molecule has 6 nitrogen and oxygen atoms in total. The molecule has 6 heteroatoms. The van der Waals surface area contributed by atoms with Crippen molar-refractivity contribution in [2.24, 2.45) is 0 Å². The summed E-state index contributed by atoms with van der Waals surface area (Å²) in [5.74, 6) is -1.07. The molecule has 1 atom stereocenters. The Morgan fingerprint density at radius 2 is 0.575 bits per heavy atom. The molecule has 0 radical (unpaired) electrons. The van der Waals surface area contributed by atoms with Gasteiger partial charge >= 0.3 is 17.9 Å². The number of esters is 3. The maximum atomic E-state index is 12.8. The quantitative estimate of drug-likeness (QED) is 0.0261. The molecular weight excluding hydrogens is 901 g/mol. The summed E-state index contributed by atoms with van der Waals surface area (Å²) in [5.41, 5.74) is 0. The first kappa shape index (κ1) is 68.8. The van der Waals surface area contributed by atoms with Gasteiger partial charge in [0.25, 0.3) is 0 Å². The fourth-order valence-corrected chi connectivity index (χ4v) is 8.02. The molecule has 0 saturated heterocycles. The summed E-state index contributed by atoms with van der Waals surface area (Å²) in [6.45, 7) is 6.30. The van der Waals surface area contributed by atoms with Gasteiger partial charge in [-0.2, -0.15) is 0 Å². The minimum absolute atomic E-state index is 0.125. The van der Waals surface area contributed by atoms with Crippen molar-refractivity contribution in [1.82, 2.24) is 0 Å². The second-order valence-electron chi connectivity index (χ2n) is 19.5. The fourth-order valence-electron chi connectivity index (χ4n) is 8.02. The normalized spacial score (nSPS) is 13.0. The number of rotatable bonds is 53. The Morgan fingerprint density at radius 1 is 0.288 bits per heavy atom. The van der Waals surface area contributed by atoms with Crippen LogP contribution >= 0.6 is 0 Å². The second kappa shape index (κ2) is 60.4. The van der Waals surface area contributed by atoms with Crippen LogP contribution in [0.3, 0.4) is 0 Å². The molecule has 0 fully saturated rings. The van der Waals surface area contributed by atoms with Crippen molar-refractivity contribution >= 4 is 17.9 Å². The van der Waals surface area contributed by atoms with Crippen LogP contribution < -0.4 is 0 Å². The smallest absolute Gasteiger partial charge is 0.306 e. The van der Waals surface area contributed by atoms with Crippen LogP contribution in [0.15, 0.2) is 122 Å². The molecule has 0 aromatic heterocycles. The minimum Gasteiger partial charge on any atom is -0.462 e. The highest BCUT2D eigenvalue weighted by Gasteiger charge is 2.19. The molecular formula is C67H110O6. The molecule has 0 aromatic rings. The van der Waals surface area contributed by atoms with Gasteiger partial charge < -0.3 is 14.2 Å². The summed E-state index contributed by atoms with van der Waals surface area (Å²) < 4.78 is 16.7. The summed E-state index contributed by atoms with van der Waals surface area (Å²) in [6, 6.07) is 0. The van der Waals surface area contributed by atoms with E-state index in [0.29, 0.717) is 19.3 Å². The summed E-state index contributed by atoms with van der Waals surface area (Å²) in [6.07, 6.45) is 83.7. The van der Waals surface area contributed by atoms with Gasteiger partial charge in [-0.1, -0.05) is 258 Å². The van der Waals surface area contributed by atoms with Gasteiger partial charge in [0.15, 0.2) is 6.10 Å². The molecule has 0 aliphatic rings. The van der Waals surface area contributed by atoms with Crippen LogP contribution in [-0.2, 0) is 28.6 Å². The zero-order chi connectivity index (χ0) is 52.9. The van der Waals surface area contributed by atoms with E-state index in [1.165, 1.54) is 128 Å². The van der Waals surface area contributed by atoms with Crippen LogP contribution in [0.4, 0.5) is 0 Å². The predicted octanol–water partition coefficient (Wildman–Crippen LogP) is 20.4. The van der Waals surface area contributed by atoms with Crippen molar-refractivity contribution in [1.29, 1.82) is 0 Å². The van der Waals surface area contributed by atoms with Gasteiger partial charge in [-0.25, -0.2) is 0 Å². The van der Waals surface area contributed by atoms with Crippen LogP contribution in [0.5, 0.6) is 0 Å². The van der Waals surface area contributed by atoms with E-state index in [4.69, 9.17) is 14.2 Å². The lowest BCUT2D eigenvalue weighted by Gasteiger charge is -2.18. The Balaban J connectivity index is 4.41. The first-order valence-corrected chi connectivity index (χ1v) is 30.0. The highest BCUT2D eigenvalue weighted by Crippen LogP contribution is 2.15. The first-order chi connectivity index (χ1) is 36.0. The van der Waals surface area contributed by atoms with Crippen molar-refractivity contribution in [2.75, 3.05) is 13.2 Å². The molecule has 0 aliphatic carbocycles. The standard InChI is InChI=1S/C67H110O6/c1-4-7-10-13-16-19-22-25-27-29-30-31-32-33-34-35-36-38-39-42-45-48-51-54-57-60-66(69)72-63-64(62-71-65(68)59-56-53-50-47-44-41-24-21-18-15-12-9-6-3)73-67(70)61-58-55-52-49-46-43-40-37-28-26-23-20-17-14-11-8-5-2/h8-9,11-12,17-18,20-21,26,28-30,40-41,43-44,49-50,52-53,64H,4-7,10,13-16,19,22-25,27,31-39,42,45-48,51,54-63H2,1-3H3/b11-8-,12-9-,20-17-,21-18-,28-26-,30-29-,43-40-,44-41-,52-49-,53-50-. The van der Waals surface area contributed by atoms with E-state index >= 15 is 0 Å². The van der Waals surface area contributed by atoms with Crippen LogP contribution in [0.25, 0.3) is 0 Å². The predicted molar refractivity (Wildman–Crippen MR) is 316 cm³/mol. The molecule has 414 valence electrons. The van der Waals surface area contributed by atoms with E-state index in [1.54, 1.807) is 0 Å². The maximum absolute atomic E-state index is 12.8. The van der Waals surface area contributed by atoms with Crippen molar-refractivity contribution < 1.29 is 28.6 Å².